The maximum Gasteiger partial charge on any atom is 0.251 e. The molecule has 2 unspecified atom stereocenters. The van der Waals surface area contributed by atoms with E-state index in [0.29, 0.717) is 5.16 Å². The highest BCUT2D eigenvalue weighted by Gasteiger charge is 2.21. The molecule has 0 aliphatic heterocycles. The van der Waals surface area contributed by atoms with Gasteiger partial charge >= 0.3 is 0 Å². The minimum absolute atomic E-state index is 0.0915. The second-order valence-corrected chi connectivity index (χ2v) is 5.53. The van der Waals surface area contributed by atoms with Crippen LogP contribution >= 0.6 is 11.8 Å². The van der Waals surface area contributed by atoms with Gasteiger partial charge in [0.05, 0.1) is 5.25 Å². The Kier molecular flexibility index (Phi) is 4.92. The molecule has 0 saturated heterocycles. The third-order valence-electron chi connectivity index (χ3n) is 2.95. The van der Waals surface area contributed by atoms with Gasteiger partial charge in [0.2, 0.25) is 0 Å². The number of nitrogens with one attached hydrogen (secondary N) is 1. The van der Waals surface area contributed by atoms with Crippen molar-refractivity contribution in [1.82, 2.24) is 9.97 Å². The van der Waals surface area contributed by atoms with Crippen LogP contribution in [0.2, 0.25) is 0 Å². The number of hydrogen-bond donors (Lipinski definition) is 2. The van der Waals surface area contributed by atoms with Gasteiger partial charge in [0, 0.05) is 18.3 Å². The van der Waals surface area contributed by atoms with Gasteiger partial charge in [-0.15, -0.1) is 0 Å². The van der Waals surface area contributed by atoms with E-state index < -0.39 is 0 Å². The van der Waals surface area contributed by atoms with E-state index in [-0.39, 0.29) is 22.7 Å². The lowest BCUT2D eigenvalue weighted by Gasteiger charge is -2.22. The van der Waals surface area contributed by atoms with Gasteiger partial charge in [-0.1, -0.05) is 30.8 Å². The Labute approximate surface area is 120 Å². The number of aromatic amines is 1. The van der Waals surface area contributed by atoms with Crippen LogP contribution in [0.15, 0.2) is 46.5 Å². The molecule has 0 bridgehead atoms. The molecule has 0 saturated carbocycles. The van der Waals surface area contributed by atoms with Gasteiger partial charge in [-0.25, -0.2) is 9.37 Å². The molecule has 0 radical (unpaired) electrons. The van der Waals surface area contributed by atoms with Gasteiger partial charge in [-0.2, -0.15) is 0 Å². The van der Waals surface area contributed by atoms with Crippen molar-refractivity contribution >= 4 is 11.8 Å². The summed E-state index contributed by atoms with van der Waals surface area (Å²) in [5.41, 5.74) is 6.85. The van der Waals surface area contributed by atoms with Crippen LogP contribution in [0.25, 0.3) is 0 Å². The summed E-state index contributed by atoms with van der Waals surface area (Å²) in [5.74, 6) is -0.284. The van der Waals surface area contributed by atoms with Gasteiger partial charge in [0.15, 0.2) is 5.16 Å². The summed E-state index contributed by atoms with van der Waals surface area (Å²) in [5, 5.41) is 0.418. The summed E-state index contributed by atoms with van der Waals surface area (Å²) in [6, 6.07) is 7.49. The number of halogens is 1. The highest BCUT2D eigenvalue weighted by atomic mass is 32.2. The number of rotatable bonds is 5. The molecule has 0 aliphatic rings. The van der Waals surface area contributed by atoms with Crippen molar-refractivity contribution in [2.45, 2.75) is 29.8 Å². The zero-order valence-electron chi connectivity index (χ0n) is 11.0. The van der Waals surface area contributed by atoms with E-state index in [1.54, 1.807) is 12.1 Å². The third kappa shape index (κ3) is 3.68. The van der Waals surface area contributed by atoms with Crippen molar-refractivity contribution in [2.75, 3.05) is 0 Å². The lowest BCUT2D eigenvalue weighted by molar-refractivity contribution is 0.617. The first kappa shape index (κ1) is 14.7. The largest absolute Gasteiger partial charge is 0.326 e. The lowest BCUT2D eigenvalue weighted by atomic mass is 10.0. The molecule has 0 amide bonds. The van der Waals surface area contributed by atoms with E-state index in [1.807, 2.05) is 6.92 Å². The predicted octanol–water partition coefficient (Wildman–Crippen LogP) is 2.48. The van der Waals surface area contributed by atoms with E-state index in [9.17, 15) is 9.18 Å². The molecule has 3 N–H and O–H groups in total. The van der Waals surface area contributed by atoms with Gasteiger partial charge in [0.1, 0.15) is 5.82 Å². The Morgan fingerprint density at radius 3 is 2.65 bits per heavy atom. The Morgan fingerprint density at radius 1 is 1.35 bits per heavy atom. The van der Waals surface area contributed by atoms with Gasteiger partial charge < -0.3 is 10.7 Å². The van der Waals surface area contributed by atoms with Crippen LogP contribution in [0.3, 0.4) is 0 Å². The van der Waals surface area contributed by atoms with Crippen molar-refractivity contribution < 1.29 is 4.39 Å². The summed E-state index contributed by atoms with van der Waals surface area (Å²) >= 11 is 1.38. The Hall–Kier alpha value is -1.66. The molecular weight excluding hydrogens is 277 g/mol. The van der Waals surface area contributed by atoms with Crippen LogP contribution in [0.5, 0.6) is 0 Å². The lowest BCUT2D eigenvalue weighted by Crippen LogP contribution is -2.26. The number of thioether (sulfide) groups is 1. The van der Waals surface area contributed by atoms with E-state index in [2.05, 4.69) is 9.97 Å². The molecular formula is C14H16FN3OS. The first-order chi connectivity index (χ1) is 9.60. The smallest absolute Gasteiger partial charge is 0.251 e. The number of hydrogen-bond acceptors (Lipinski definition) is 4. The predicted molar refractivity (Wildman–Crippen MR) is 78.1 cm³/mol. The Morgan fingerprint density at radius 2 is 2.05 bits per heavy atom. The quantitative estimate of drug-likeness (QED) is 0.656. The highest BCUT2D eigenvalue weighted by molar-refractivity contribution is 7.99. The van der Waals surface area contributed by atoms with Crippen LogP contribution < -0.4 is 11.3 Å². The molecule has 0 spiro atoms. The fourth-order valence-corrected chi connectivity index (χ4v) is 2.98. The fraction of sp³-hybridized carbons (Fsp3) is 0.286. The van der Waals surface area contributed by atoms with E-state index in [4.69, 9.17) is 5.73 Å². The summed E-state index contributed by atoms with van der Waals surface area (Å²) in [6.07, 6.45) is 2.23. The van der Waals surface area contributed by atoms with E-state index in [0.717, 1.165) is 12.0 Å². The number of aromatic nitrogens is 2. The molecule has 2 aromatic rings. The van der Waals surface area contributed by atoms with Gasteiger partial charge in [-0.05, 0) is 24.1 Å². The zero-order valence-corrected chi connectivity index (χ0v) is 11.9. The van der Waals surface area contributed by atoms with Crippen molar-refractivity contribution in [3.05, 3.63) is 58.3 Å². The minimum Gasteiger partial charge on any atom is -0.326 e. The summed E-state index contributed by atoms with van der Waals surface area (Å²) in [4.78, 5) is 18.1. The number of H-pyrrole nitrogens is 1. The van der Waals surface area contributed by atoms with E-state index >= 15 is 0 Å². The SMILES string of the molecule is CCC(N)C(Sc1nccc(=O)[nH]1)c1ccc(F)cc1. The molecule has 2 rings (SSSR count). The molecule has 1 aromatic carbocycles. The molecule has 6 heteroatoms. The van der Waals surface area contributed by atoms with E-state index in [1.165, 1.54) is 36.2 Å². The molecule has 2 atom stereocenters. The topological polar surface area (TPSA) is 71.8 Å². The van der Waals surface area contributed by atoms with Gasteiger partial charge in [-0.3, -0.25) is 4.79 Å². The molecule has 1 aromatic heterocycles. The van der Waals surface area contributed by atoms with Crippen molar-refractivity contribution in [3.63, 3.8) is 0 Å². The van der Waals surface area contributed by atoms with Gasteiger partial charge in [0.25, 0.3) is 5.56 Å². The monoisotopic (exact) mass is 293 g/mol. The van der Waals surface area contributed by atoms with Crippen LogP contribution in [0, 0.1) is 5.82 Å². The number of nitrogens with two attached hydrogens (primary N) is 1. The molecule has 0 fully saturated rings. The average Bonchev–Trinajstić information content (AvgIpc) is 2.45. The summed E-state index contributed by atoms with van der Waals surface area (Å²) < 4.78 is 13.0. The summed E-state index contributed by atoms with van der Waals surface area (Å²) in [7, 11) is 0. The normalized spacial score (nSPS) is 13.9. The molecule has 20 heavy (non-hydrogen) atoms. The van der Waals surface area contributed by atoms with Crippen LogP contribution in [0.1, 0.15) is 24.2 Å². The molecule has 4 nitrogen and oxygen atoms in total. The first-order valence-corrected chi connectivity index (χ1v) is 7.21. The van der Waals surface area contributed by atoms with Crippen LogP contribution in [-0.2, 0) is 0 Å². The second kappa shape index (κ2) is 6.67. The van der Waals surface area contributed by atoms with Crippen molar-refractivity contribution in [3.8, 4) is 0 Å². The number of benzene rings is 1. The first-order valence-electron chi connectivity index (χ1n) is 6.33. The van der Waals surface area contributed by atoms with Crippen LogP contribution in [-0.4, -0.2) is 16.0 Å². The molecule has 0 aliphatic carbocycles. The average molecular weight is 293 g/mol. The maximum atomic E-state index is 13.0. The van der Waals surface area contributed by atoms with Crippen molar-refractivity contribution in [2.24, 2.45) is 5.73 Å². The maximum absolute atomic E-state index is 13.0. The Balaban J connectivity index is 2.28. The molecule has 1 heterocycles. The highest BCUT2D eigenvalue weighted by Crippen LogP contribution is 2.35. The third-order valence-corrected chi connectivity index (χ3v) is 4.25. The zero-order chi connectivity index (χ0) is 14.5. The number of nitrogens with zero attached hydrogens (tertiary/aromatic N) is 1. The minimum atomic E-state index is -0.284. The second-order valence-electron chi connectivity index (χ2n) is 4.40. The Bertz CT molecular complexity index is 614. The van der Waals surface area contributed by atoms with Crippen molar-refractivity contribution in [1.29, 1.82) is 0 Å². The standard InChI is InChI=1S/C14H16FN3OS/c1-2-11(16)13(9-3-5-10(15)6-4-9)20-14-17-8-7-12(19)18-14/h3-8,11,13H,2,16H2,1H3,(H,17,18,19). The summed E-state index contributed by atoms with van der Waals surface area (Å²) in [6.45, 7) is 1.99. The fourth-order valence-electron chi connectivity index (χ4n) is 1.80. The van der Waals surface area contributed by atoms with Crippen LogP contribution in [0.4, 0.5) is 4.39 Å². The molecule has 106 valence electrons.